The zero-order valence-corrected chi connectivity index (χ0v) is 13.6. The molecule has 0 aromatic carbocycles. The summed E-state index contributed by atoms with van der Waals surface area (Å²) < 4.78 is 0. The minimum absolute atomic E-state index is 0.0544. The summed E-state index contributed by atoms with van der Waals surface area (Å²) in [6.45, 7) is 1.92. The number of halogens is 2. The van der Waals surface area contributed by atoms with Crippen LogP contribution in [0, 0.1) is 0 Å². The van der Waals surface area contributed by atoms with Crippen LogP contribution >= 0.6 is 35.0 Å². The molecule has 0 saturated carbocycles. The number of nitrogens with one attached hydrogen (secondary N) is 1. The van der Waals surface area contributed by atoms with Crippen molar-refractivity contribution in [2.45, 2.75) is 25.8 Å². The van der Waals surface area contributed by atoms with Crippen LogP contribution < -0.4 is 11.1 Å². The largest absolute Gasteiger partial charge is 0.354 e. The van der Waals surface area contributed by atoms with E-state index in [2.05, 4.69) is 20.3 Å². The molecule has 0 spiro atoms. The van der Waals surface area contributed by atoms with Crippen LogP contribution in [0.4, 0.5) is 0 Å². The van der Waals surface area contributed by atoms with E-state index in [4.69, 9.17) is 28.9 Å². The van der Waals surface area contributed by atoms with Crippen LogP contribution in [0.25, 0.3) is 0 Å². The van der Waals surface area contributed by atoms with Gasteiger partial charge in [-0.1, -0.05) is 18.7 Å². The average molecular weight is 352 g/mol. The number of hydrogen-bond donors (Lipinski definition) is 2. The third-order valence-corrected chi connectivity index (χ3v) is 3.69. The SMILES string of the molecule is CCC(=O)SCCC(=O)NCC(N)c1nc(Cl)nc(Cl)n1. The zero-order chi connectivity index (χ0) is 15.8. The van der Waals surface area contributed by atoms with Crippen LogP contribution in [0.15, 0.2) is 0 Å². The lowest BCUT2D eigenvalue weighted by molar-refractivity contribution is -0.120. The Balaban J connectivity index is 2.36. The van der Waals surface area contributed by atoms with E-state index in [0.29, 0.717) is 12.2 Å². The highest BCUT2D eigenvalue weighted by Gasteiger charge is 2.13. The Labute approximate surface area is 136 Å². The van der Waals surface area contributed by atoms with E-state index in [1.807, 2.05) is 0 Å². The molecule has 3 N–H and O–H groups in total. The van der Waals surface area contributed by atoms with Gasteiger partial charge in [0.1, 0.15) is 0 Å². The summed E-state index contributed by atoms with van der Waals surface area (Å²) in [5.41, 5.74) is 5.84. The van der Waals surface area contributed by atoms with Crippen LogP contribution in [0.5, 0.6) is 0 Å². The van der Waals surface area contributed by atoms with Gasteiger partial charge in [0.25, 0.3) is 0 Å². The van der Waals surface area contributed by atoms with Crippen molar-refractivity contribution in [1.29, 1.82) is 0 Å². The summed E-state index contributed by atoms with van der Waals surface area (Å²) in [4.78, 5) is 33.9. The van der Waals surface area contributed by atoms with Gasteiger partial charge in [0.2, 0.25) is 16.5 Å². The van der Waals surface area contributed by atoms with Gasteiger partial charge < -0.3 is 11.1 Å². The van der Waals surface area contributed by atoms with Crippen molar-refractivity contribution >= 4 is 46.0 Å². The number of hydrogen-bond acceptors (Lipinski definition) is 7. The highest BCUT2D eigenvalue weighted by atomic mass is 35.5. The van der Waals surface area contributed by atoms with Gasteiger partial charge in [-0.25, -0.2) is 9.97 Å². The predicted octanol–water partition coefficient (Wildman–Crippen LogP) is 1.35. The molecule has 1 rings (SSSR count). The van der Waals surface area contributed by atoms with E-state index in [1.54, 1.807) is 6.92 Å². The number of aromatic nitrogens is 3. The molecule has 1 heterocycles. The lowest BCUT2D eigenvalue weighted by Gasteiger charge is -2.11. The Kier molecular flexibility index (Phi) is 7.87. The van der Waals surface area contributed by atoms with E-state index in [-0.39, 0.29) is 40.4 Å². The second-order valence-corrected chi connectivity index (χ2v) is 5.79. The number of thioether (sulfide) groups is 1. The van der Waals surface area contributed by atoms with E-state index in [1.165, 1.54) is 0 Å². The highest BCUT2D eigenvalue weighted by molar-refractivity contribution is 8.13. The molecule has 0 fully saturated rings. The Morgan fingerprint density at radius 1 is 1.29 bits per heavy atom. The smallest absolute Gasteiger partial charge is 0.226 e. The Morgan fingerprint density at radius 3 is 2.48 bits per heavy atom. The van der Waals surface area contributed by atoms with Crippen molar-refractivity contribution in [3.63, 3.8) is 0 Å². The quantitative estimate of drug-likeness (QED) is 0.762. The lowest BCUT2D eigenvalue weighted by atomic mass is 10.3. The lowest BCUT2D eigenvalue weighted by Crippen LogP contribution is -2.33. The Morgan fingerprint density at radius 2 is 1.90 bits per heavy atom. The average Bonchev–Trinajstić information content (AvgIpc) is 2.43. The van der Waals surface area contributed by atoms with Crippen molar-refractivity contribution in [3.05, 3.63) is 16.4 Å². The van der Waals surface area contributed by atoms with Crippen molar-refractivity contribution in [1.82, 2.24) is 20.3 Å². The number of carbonyl (C=O) groups is 2. The van der Waals surface area contributed by atoms with Crippen LogP contribution in [-0.4, -0.2) is 38.3 Å². The predicted molar refractivity (Wildman–Crippen MR) is 82.2 cm³/mol. The number of amides is 1. The number of carbonyl (C=O) groups excluding carboxylic acids is 2. The van der Waals surface area contributed by atoms with Crippen LogP contribution in [0.2, 0.25) is 10.6 Å². The summed E-state index contributed by atoms with van der Waals surface area (Å²) in [5.74, 6) is 0.445. The van der Waals surface area contributed by atoms with Crippen LogP contribution in [0.1, 0.15) is 31.6 Å². The Bertz CT molecular complexity index is 497. The van der Waals surface area contributed by atoms with E-state index in [0.717, 1.165) is 11.8 Å². The Hall–Kier alpha value is -0.960. The normalized spacial score (nSPS) is 12.0. The second-order valence-electron chi connectivity index (χ2n) is 3.97. The van der Waals surface area contributed by atoms with Gasteiger partial charge >= 0.3 is 0 Å². The van der Waals surface area contributed by atoms with E-state index in [9.17, 15) is 9.59 Å². The van der Waals surface area contributed by atoms with Crippen molar-refractivity contribution in [2.75, 3.05) is 12.3 Å². The number of rotatable bonds is 7. The van der Waals surface area contributed by atoms with Crippen LogP contribution in [-0.2, 0) is 9.59 Å². The summed E-state index contributed by atoms with van der Waals surface area (Å²) >= 11 is 12.4. The maximum absolute atomic E-state index is 11.6. The maximum Gasteiger partial charge on any atom is 0.226 e. The number of nitrogens with zero attached hydrogens (tertiary/aromatic N) is 3. The van der Waals surface area contributed by atoms with Gasteiger partial charge in [-0.2, -0.15) is 4.98 Å². The fourth-order valence-electron chi connectivity index (χ4n) is 1.27. The second kappa shape index (κ2) is 9.14. The highest BCUT2D eigenvalue weighted by Crippen LogP contribution is 2.11. The molecule has 0 bridgehead atoms. The number of nitrogens with two attached hydrogens (primary N) is 1. The molecule has 0 radical (unpaired) electrons. The standard InChI is InChI=1S/C11H15Cl2N5O2S/c1-2-8(20)21-4-3-7(19)15-5-6(14)9-16-10(12)18-11(13)17-9/h6H,2-5,14H2,1H3,(H,15,19). The molecule has 0 saturated heterocycles. The van der Waals surface area contributed by atoms with E-state index < -0.39 is 6.04 Å². The molecule has 1 aromatic rings. The van der Waals surface area contributed by atoms with Gasteiger partial charge in [-0.05, 0) is 23.2 Å². The van der Waals surface area contributed by atoms with Gasteiger partial charge in [-0.3, -0.25) is 9.59 Å². The van der Waals surface area contributed by atoms with Crippen LogP contribution in [0.3, 0.4) is 0 Å². The molecule has 1 atom stereocenters. The topological polar surface area (TPSA) is 111 Å². The molecule has 116 valence electrons. The monoisotopic (exact) mass is 351 g/mol. The minimum atomic E-state index is -0.642. The summed E-state index contributed by atoms with van der Waals surface area (Å²) in [6, 6.07) is -0.642. The summed E-state index contributed by atoms with van der Waals surface area (Å²) in [6.07, 6.45) is 0.694. The zero-order valence-electron chi connectivity index (χ0n) is 11.3. The van der Waals surface area contributed by atoms with Gasteiger partial charge in [0, 0.05) is 25.1 Å². The first-order chi connectivity index (χ1) is 9.92. The molecule has 1 amide bonds. The molecular formula is C11H15Cl2N5O2S. The van der Waals surface area contributed by atoms with Gasteiger partial charge in [-0.15, -0.1) is 0 Å². The molecule has 1 unspecified atom stereocenters. The first-order valence-electron chi connectivity index (χ1n) is 6.17. The molecule has 0 aliphatic carbocycles. The molecule has 0 aliphatic heterocycles. The first-order valence-corrected chi connectivity index (χ1v) is 7.91. The molecule has 1 aromatic heterocycles. The van der Waals surface area contributed by atoms with Gasteiger partial charge in [0.05, 0.1) is 6.04 Å². The minimum Gasteiger partial charge on any atom is -0.354 e. The fraction of sp³-hybridized carbons (Fsp3) is 0.545. The molecule has 7 nitrogen and oxygen atoms in total. The van der Waals surface area contributed by atoms with Gasteiger partial charge in [0.15, 0.2) is 10.9 Å². The third-order valence-electron chi connectivity index (χ3n) is 2.33. The summed E-state index contributed by atoms with van der Waals surface area (Å²) in [5, 5.41) is 2.59. The van der Waals surface area contributed by atoms with Crippen molar-refractivity contribution in [3.8, 4) is 0 Å². The van der Waals surface area contributed by atoms with Crippen molar-refractivity contribution < 1.29 is 9.59 Å². The van der Waals surface area contributed by atoms with Crippen molar-refractivity contribution in [2.24, 2.45) is 5.73 Å². The maximum atomic E-state index is 11.6. The molecule has 0 aliphatic rings. The molecular weight excluding hydrogens is 337 g/mol. The first kappa shape index (κ1) is 18.1. The fourth-order valence-corrected chi connectivity index (χ4v) is 2.36. The summed E-state index contributed by atoms with van der Waals surface area (Å²) in [7, 11) is 0. The molecule has 21 heavy (non-hydrogen) atoms. The van der Waals surface area contributed by atoms with E-state index >= 15 is 0 Å². The molecule has 10 heteroatoms. The third kappa shape index (κ3) is 7.03.